The van der Waals surface area contributed by atoms with Crippen LogP contribution in [0.4, 0.5) is 10.1 Å². The van der Waals surface area contributed by atoms with Crippen LogP contribution in [0.15, 0.2) is 42.5 Å². The predicted octanol–water partition coefficient (Wildman–Crippen LogP) is 4.57. The van der Waals surface area contributed by atoms with Crippen molar-refractivity contribution in [3.8, 4) is 0 Å². The summed E-state index contributed by atoms with van der Waals surface area (Å²) in [5.74, 6) is 0.0995. The first-order valence-corrected chi connectivity index (χ1v) is 7.94. The molecule has 0 saturated carbocycles. The quantitative estimate of drug-likeness (QED) is 0.807. The molecule has 0 radical (unpaired) electrons. The summed E-state index contributed by atoms with van der Waals surface area (Å²) < 4.78 is 13.5. The summed E-state index contributed by atoms with van der Waals surface area (Å²) in [4.78, 5) is 14.0. The summed E-state index contributed by atoms with van der Waals surface area (Å²) in [5.41, 5.74) is 2.54. The second kappa shape index (κ2) is 5.70. The maximum absolute atomic E-state index is 13.5. The Hall–Kier alpha value is -1.52. The minimum atomic E-state index is -0.296. The second-order valence-corrected chi connectivity index (χ2v) is 6.42. The van der Waals surface area contributed by atoms with Crippen molar-refractivity contribution in [2.75, 3.05) is 10.7 Å². The Balaban J connectivity index is 2.06. The molecule has 108 valence electrons. The Bertz CT molecular complexity index is 706. The van der Waals surface area contributed by atoms with Crippen LogP contribution in [0.2, 0.25) is 5.02 Å². The maximum atomic E-state index is 13.5. The summed E-state index contributed by atoms with van der Waals surface area (Å²) in [6, 6.07) is 11.8. The minimum Gasteiger partial charge on any atom is -0.295 e. The SMILES string of the molecule is Cc1ccc(Cl)cc1N1C(=O)CSC1c1cccc(F)c1. The molecule has 0 aliphatic carbocycles. The highest BCUT2D eigenvalue weighted by molar-refractivity contribution is 8.00. The molecular formula is C16H13ClFNOS. The van der Waals surface area contributed by atoms with Crippen LogP contribution in [0.3, 0.4) is 0 Å². The van der Waals surface area contributed by atoms with Gasteiger partial charge in [0.2, 0.25) is 5.91 Å². The zero-order chi connectivity index (χ0) is 15.0. The number of thioether (sulfide) groups is 1. The van der Waals surface area contributed by atoms with E-state index < -0.39 is 0 Å². The molecule has 5 heteroatoms. The number of anilines is 1. The number of hydrogen-bond donors (Lipinski definition) is 0. The highest BCUT2D eigenvalue weighted by Crippen LogP contribution is 2.43. The lowest BCUT2D eigenvalue weighted by Crippen LogP contribution is -2.28. The molecule has 2 aromatic rings. The van der Waals surface area contributed by atoms with E-state index in [4.69, 9.17) is 11.6 Å². The normalized spacial score (nSPS) is 18.3. The van der Waals surface area contributed by atoms with Crippen LogP contribution in [0.5, 0.6) is 0 Å². The van der Waals surface area contributed by atoms with E-state index in [9.17, 15) is 9.18 Å². The fourth-order valence-electron chi connectivity index (χ4n) is 2.43. The standard InChI is InChI=1S/C16H13ClFNOS/c1-10-5-6-12(17)8-14(10)19-15(20)9-21-16(19)11-3-2-4-13(18)7-11/h2-8,16H,9H2,1H3. The number of nitrogens with zero attached hydrogens (tertiary/aromatic N) is 1. The summed E-state index contributed by atoms with van der Waals surface area (Å²) in [6.45, 7) is 1.94. The van der Waals surface area contributed by atoms with Crippen molar-refractivity contribution < 1.29 is 9.18 Å². The van der Waals surface area contributed by atoms with Gasteiger partial charge in [-0.25, -0.2) is 4.39 Å². The minimum absolute atomic E-state index is 0.0135. The van der Waals surface area contributed by atoms with Gasteiger partial charge >= 0.3 is 0 Å². The Morgan fingerprint density at radius 1 is 1.29 bits per heavy atom. The third-order valence-corrected chi connectivity index (χ3v) is 4.88. The number of benzene rings is 2. The van der Waals surface area contributed by atoms with Gasteiger partial charge in [-0.3, -0.25) is 9.69 Å². The van der Waals surface area contributed by atoms with Gasteiger partial charge in [0.15, 0.2) is 0 Å². The summed E-state index contributed by atoms with van der Waals surface area (Å²) in [5, 5.41) is 0.364. The lowest BCUT2D eigenvalue weighted by Gasteiger charge is -2.26. The fraction of sp³-hybridized carbons (Fsp3) is 0.188. The van der Waals surface area contributed by atoms with Crippen molar-refractivity contribution in [1.82, 2.24) is 0 Å². The van der Waals surface area contributed by atoms with Crippen LogP contribution < -0.4 is 4.90 Å². The van der Waals surface area contributed by atoms with E-state index in [0.717, 1.165) is 16.8 Å². The van der Waals surface area contributed by atoms with Gasteiger partial charge < -0.3 is 0 Å². The van der Waals surface area contributed by atoms with Gasteiger partial charge in [0.25, 0.3) is 0 Å². The zero-order valence-electron chi connectivity index (χ0n) is 11.3. The van der Waals surface area contributed by atoms with E-state index in [2.05, 4.69) is 0 Å². The average molecular weight is 322 g/mol. The van der Waals surface area contributed by atoms with Crippen LogP contribution >= 0.6 is 23.4 Å². The van der Waals surface area contributed by atoms with E-state index in [-0.39, 0.29) is 17.1 Å². The molecule has 1 aliphatic rings. The van der Waals surface area contributed by atoms with Crippen molar-refractivity contribution >= 4 is 35.0 Å². The number of rotatable bonds is 2. The highest BCUT2D eigenvalue weighted by Gasteiger charge is 2.35. The molecule has 1 aliphatic heterocycles. The summed E-state index contributed by atoms with van der Waals surface area (Å²) >= 11 is 7.55. The van der Waals surface area contributed by atoms with E-state index >= 15 is 0 Å². The number of halogens is 2. The fourth-order valence-corrected chi connectivity index (χ4v) is 3.76. The first-order valence-electron chi connectivity index (χ1n) is 6.51. The second-order valence-electron chi connectivity index (χ2n) is 4.91. The van der Waals surface area contributed by atoms with Crippen molar-refractivity contribution in [1.29, 1.82) is 0 Å². The van der Waals surface area contributed by atoms with Gasteiger partial charge in [-0.2, -0.15) is 0 Å². The van der Waals surface area contributed by atoms with E-state index in [1.54, 1.807) is 23.1 Å². The van der Waals surface area contributed by atoms with Gasteiger partial charge in [0.1, 0.15) is 11.2 Å². The molecular weight excluding hydrogens is 309 g/mol. The molecule has 1 amide bonds. The zero-order valence-corrected chi connectivity index (χ0v) is 12.9. The average Bonchev–Trinajstić information content (AvgIpc) is 2.83. The molecule has 1 saturated heterocycles. The Morgan fingerprint density at radius 2 is 2.10 bits per heavy atom. The largest absolute Gasteiger partial charge is 0.295 e. The molecule has 0 bridgehead atoms. The van der Waals surface area contributed by atoms with Crippen LogP contribution in [0.25, 0.3) is 0 Å². The third kappa shape index (κ3) is 2.78. The molecule has 1 atom stereocenters. The molecule has 3 rings (SSSR count). The number of amides is 1. The smallest absolute Gasteiger partial charge is 0.238 e. The molecule has 0 N–H and O–H groups in total. The van der Waals surface area contributed by atoms with Gasteiger partial charge in [-0.05, 0) is 42.3 Å². The van der Waals surface area contributed by atoms with Crippen LogP contribution in [0, 0.1) is 12.7 Å². The third-order valence-electron chi connectivity index (χ3n) is 3.43. The van der Waals surface area contributed by atoms with E-state index in [1.165, 1.54) is 23.9 Å². The molecule has 1 heterocycles. The van der Waals surface area contributed by atoms with Crippen LogP contribution in [-0.4, -0.2) is 11.7 Å². The maximum Gasteiger partial charge on any atom is 0.238 e. The van der Waals surface area contributed by atoms with Gasteiger partial charge in [0.05, 0.1) is 5.75 Å². The van der Waals surface area contributed by atoms with Crippen LogP contribution in [0.1, 0.15) is 16.5 Å². The Morgan fingerprint density at radius 3 is 2.86 bits per heavy atom. The number of carbonyl (C=O) groups excluding carboxylic acids is 1. The van der Waals surface area contributed by atoms with E-state index in [0.29, 0.717) is 10.8 Å². The van der Waals surface area contributed by atoms with Crippen molar-refractivity contribution in [3.63, 3.8) is 0 Å². The van der Waals surface area contributed by atoms with Gasteiger partial charge in [-0.1, -0.05) is 29.8 Å². The number of carbonyl (C=O) groups is 1. The summed E-state index contributed by atoms with van der Waals surface area (Å²) in [6.07, 6.45) is 0. The first kappa shape index (κ1) is 14.4. The van der Waals surface area contributed by atoms with Crippen LogP contribution in [-0.2, 0) is 4.79 Å². The molecule has 0 aromatic heterocycles. The van der Waals surface area contributed by atoms with Gasteiger partial charge in [-0.15, -0.1) is 11.8 Å². The van der Waals surface area contributed by atoms with Gasteiger partial charge in [0, 0.05) is 10.7 Å². The highest BCUT2D eigenvalue weighted by atomic mass is 35.5. The molecule has 2 aromatic carbocycles. The predicted molar refractivity (Wildman–Crippen MR) is 85.3 cm³/mol. The van der Waals surface area contributed by atoms with Crippen molar-refractivity contribution in [2.45, 2.75) is 12.3 Å². The summed E-state index contributed by atoms with van der Waals surface area (Å²) in [7, 11) is 0. The molecule has 2 nitrogen and oxygen atoms in total. The number of aryl methyl sites for hydroxylation is 1. The lowest BCUT2D eigenvalue weighted by atomic mass is 10.1. The first-order chi connectivity index (χ1) is 10.1. The molecule has 1 fully saturated rings. The lowest BCUT2D eigenvalue weighted by molar-refractivity contribution is -0.115. The number of hydrogen-bond acceptors (Lipinski definition) is 2. The molecule has 0 spiro atoms. The van der Waals surface area contributed by atoms with Crippen molar-refractivity contribution in [2.24, 2.45) is 0 Å². The monoisotopic (exact) mass is 321 g/mol. The van der Waals surface area contributed by atoms with E-state index in [1.807, 2.05) is 19.1 Å². The van der Waals surface area contributed by atoms with Crippen molar-refractivity contribution in [3.05, 3.63) is 64.4 Å². The Kier molecular flexibility index (Phi) is 3.91. The molecule has 21 heavy (non-hydrogen) atoms. The molecule has 1 unspecified atom stereocenters. The topological polar surface area (TPSA) is 20.3 Å². The Labute approximate surface area is 131 Å².